The summed E-state index contributed by atoms with van der Waals surface area (Å²) in [4.78, 5) is 3.84. The van der Waals surface area contributed by atoms with E-state index in [1.165, 1.54) is 5.56 Å². The smallest absolute Gasteiger partial charge is 0.0123 e. The van der Waals surface area contributed by atoms with Crippen molar-refractivity contribution in [3.63, 3.8) is 0 Å². The number of nitrogens with zero attached hydrogens (tertiary/aromatic N) is 1. The van der Waals surface area contributed by atoms with Crippen molar-refractivity contribution in [1.29, 1.82) is 0 Å². The van der Waals surface area contributed by atoms with E-state index >= 15 is 0 Å². The fourth-order valence-corrected chi connectivity index (χ4v) is 3.12. The van der Waals surface area contributed by atoms with Gasteiger partial charge in [-0.15, -0.1) is 11.3 Å². The molecule has 1 atom stereocenters. The number of hydrogen-bond acceptors (Lipinski definition) is 2. The summed E-state index contributed by atoms with van der Waals surface area (Å²) in [5.41, 5.74) is 1.78. The van der Waals surface area contributed by atoms with Crippen LogP contribution in [0.5, 0.6) is 0 Å². The quantitative estimate of drug-likeness (QED) is 0.757. The molecule has 0 N–H and O–H groups in total. The highest BCUT2D eigenvalue weighted by molar-refractivity contribution is 7.10. The molecule has 15 heavy (non-hydrogen) atoms. The maximum absolute atomic E-state index is 2.33. The zero-order valence-corrected chi connectivity index (χ0v) is 11.6. The zero-order chi connectivity index (χ0) is 11.6. The molecular weight excluding hydrogens is 202 g/mol. The van der Waals surface area contributed by atoms with Crippen LogP contribution in [0.3, 0.4) is 0 Å². The second-order valence-corrected chi connectivity index (χ2v) is 6.60. The topological polar surface area (TPSA) is 3.24 Å². The Morgan fingerprint density at radius 1 is 1.33 bits per heavy atom. The van der Waals surface area contributed by atoms with Crippen LogP contribution < -0.4 is 0 Å². The summed E-state index contributed by atoms with van der Waals surface area (Å²) in [5.74, 6) is 0.632. The molecule has 1 heterocycles. The molecule has 0 amide bonds. The molecule has 2 heteroatoms. The molecule has 1 aromatic heterocycles. The van der Waals surface area contributed by atoms with Crippen LogP contribution in [0.15, 0.2) is 11.4 Å². The first-order chi connectivity index (χ1) is 6.82. The molecule has 86 valence electrons. The van der Waals surface area contributed by atoms with Crippen LogP contribution in [0, 0.1) is 12.3 Å². The van der Waals surface area contributed by atoms with Gasteiger partial charge in [-0.3, -0.25) is 0 Å². The van der Waals surface area contributed by atoms with E-state index in [1.54, 1.807) is 4.88 Å². The van der Waals surface area contributed by atoms with Gasteiger partial charge in [0.15, 0.2) is 0 Å². The van der Waals surface area contributed by atoms with Gasteiger partial charge in [0, 0.05) is 17.3 Å². The van der Waals surface area contributed by atoms with Crippen molar-refractivity contribution < 1.29 is 0 Å². The lowest BCUT2D eigenvalue weighted by Crippen LogP contribution is -2.29. The Hall–Kier alpha value is -0.340. The molecule has 0 aliphatic heterocycles. The van der Waals surface area contributed by atoms with Crippen LogP contribution in [0.4, 0.5) is 0 Å². The van der Waals surface area contributed by atoms with E-state index in [9.17, 15) is 0 Å². The van der Waals surface area contributed by atoms with E-state index < -0.39 is 0 Å². The highest BCUT2D eigenvalue weighted by atomic mass is 32.1. The molecule has 0 saturated heterocycles. The Morgan fingerprint density at radius 3 is 2.27 bits per heavy atom. The van der Waals surface area contributed by atoms with Gasteiger partial charge >= 0.3 is 0 Å². The standard InChI is InChI=1S/C13H23NS/c1-10-7-8-15-12(10)11(9-14(5)6)13(2,3)4/h7-8,11H,9H2,1-6H3. The third-order valence-corrected chi connectivity index (χ3v) is 3.94. The first-order valence-corrected chi connectivity index (χ1v) is 6.39. The Labute approximate surface area is 98.1 Å². The molecule has 0 aliphatic rings. The van der Waals surface area contributed by atoms with E-state index in [0.29, 0.717) is 11.3 Å². The van der Waals surface area contributed by atoms with Gasteiger partial charge in [0.2, 0.25) is 0 Å². The van der Waals surface area contributed by atoms with Crippen molar-refractivity contribution in [2.45, 2.75) is 33.6 Å². The highest BCUT2D eigenvalue weighted by Crippen LogP contribution is 2.39. The van der Waals surface area contributed by atoms with Crippen LogP contribution >= 0.6 is 11.3 Å². The van der Waals surface area contributed by atoms with Crippen LogP contribution in [0.1, 0.15) is 37.1 Å². The Morgan fingerprint density at radius 2 is 1.93 bits per heavy atom. The second kappa shape index (κ2) is 4.67. The minimum atomic E-state index is 0.333. The van der Waals surface area contributed by atoms with Crippen molar-refractivity contribution in [2.75, 3.05) is 20.6 Å². The monoisotopic (exact) mass is 225 g/mol. The summed E-state index contributed by atoms with van der Waals surface area (Å²) in [6.45, 7) is 10.4. The SMILES string of the molecule is Cc1ccsc1C(CN(C)C)C(C)(C)C. The van der Waals surface area contributed by atoms with E-state index in [0.717, 1.165) is 6.54 Å². The minimum absolute atomic E-state index is 0.333. The molecular formula is C13H23NS. The largest absolute Gasteiger partial charge is 0.309 e. The molecule has 1 aromatic rings. The predicted octanol–water partition coefficient (Wildman–Crippen LogP) is 3.75. The summed E-state index contributed by atoms with van der Waals surface area (Å²) in [6, 6.07) is 2.23. The van der Waals surface area contributed by atoms with Crippen molar-refractivity contribution >= 4 is 11.3 Å². The van der Waals surface area contributed by atoms with E-state index in [1.807, 2.05) is 11.3 Å². The molecule has 0 fully saturated rings. The second-order valence-electron chi connectivity index (χ2n) is 5.65. The maximum atomic E-state index is 2.33. The summed E-state index contributed by atoms with van der Waals surface area (Å²) in [5, 5.41) is 2.21. The molecule has 1 unspecified atom stereocenters. The lowest BCUT2D eigenvalue weighted by atomic mass is 9.78. The first kappa shape index (κ1) is 12.7. The van der Waals surface area contributed by atoms with Gasteiger partial charge in [-0.05, 0) is 43.4 Å². The molecule has 0 bridgehead atoms. The van der Waals surface area contributed by atoms with Gasteiger partial charge < -0.3 is 4.90 Å². The molecule has 0 saturated carbocycles. The van der Waals surface area contributed by atoms with E-state index in [4.69, 9.17) is 0 Å². The molecule has 1 rings (SSSR count). The van der Waals surface area contributed by atoms with Crippen molar-refractivity contribution in [3.05, 3.63) is 21.9 Å². The molecule has 1 nitrogen and oxygen atoms in total. The molecule has 0 radical (unpaired) electrons. The third-order valence-electron chi connectivity index (χ3n) is 2.81. The van der Waals surface area contributed by atoms with Crippen LogP contribution in [-0.4, -0.2) is 25.5 Å². The van der Waals surface area contributed by atoms with Crippen LogP contribution in [0.2, 0.25) is 0 Å². The van der Waals surface area contributed by atoms with Crippen molar-refractivity contribution in [3.8, 4) is 0 Å². The van der Waals surface area contributed by atoms with Gasteiger partial charge in [-0.1, -0.05) is 20.8 Å². The highest BCUT2D eigenvalue weighted by Gasteiger charge is 2.28. The van der Waals surface area contributed by atoms with Gasteiger partial charge in [0.25, 0.3) is 0 Å². The number of hydrogen-bond donors (Lipinski definition) is 0. The van der Waals surface area contributed by atoms with Crippen LogP contribution in [0.25, 0.3) is 0 Å². The maximum Gasteiger partial charge on any atom is 0.0123 e. The van der Waals surface area contributed by atoms with Gasteiger partial charge in [0.05, 0.1) is 0 Å². The summed E-state index contributed by atoms with van der Waals surface area (Å²) in [7, 11) is 4.31. The van der Waals surface area contributed by atoms with E-state index in [2.05, 4.69) is 58.1 Å². The lowest BCUT2D eigenvalue weighted by molar-refractivity contribution is 0.252. The Kier molecular flexibility index (Phi) is 3.96. The van der Waals surface area contributed by atoms with Crippen molar-refractivity contribution in [2.24, 2.45) is 5.41 Å². The molecule has 0 aliphatic carbocycles. The normalized spacial score (nSPS) is 14.6. The Balaban J connectivity index is 2.97. The Bertz CT molecular complexity index is 307. The fourth-order valence-electron chi connectivity index (χ4n) is 1.86. The van der Waals surface area contributed by atoms with Gasteiger partial charge in [0.1, 0.15) is 0 Å². The van der Waals surface area contributed by atoms with Gasteiger partial charge in [-0.25, -0.2) is 0 Å². The first-order valence-electron chi connectivity index (χ1n) is 5.51. The van der Waals surface area contributed by atoms with Crippen molar-refractivity contribution in [1.82, 2.24) is 4.90 Å². The molecule has 0 spiro atoms. The molecule has 0 aromatic carbocycles. The summed E-state index contributed by atoms with van der Waals surface area (Å²) in [6.07, 6.45) is 0. The third kappa shape index (κ3) is 3.32. The average molecular weight is 225 g/mol. The zero-order valence-electron chi connectivity index (χ0n) is 10.8. The fraction of sp³-hybridized carbons (Fsp3) is 0.692. The summed E-state index contributed by atoms with van der Waals surface area (Å²) < 4.78 is 0. The minimum Gasteiger partial charge on any atom is -0.309 e. The van der Waals surface area contributed by atoms with Gasteiger partial charge in [-0.2, -0.15) is 0 Å². The lowest BCUT2D eigenvalue weighted by Gasteiger charge is -2.33. The predicted molar refractivity (Wildman–Crippen MR) is 69.8 cm³/mol. The van der Waals surface area contributed by atoms with E-state index in [-0.39, 0.29) is 0 Å². The number of rotatable bonds is 3. The average Bonchev–Trinajstić information content (AvgIpc) is 2.45. The number of thiophene rings is 1. The van der Waals surface area contributed by atoms with Crippen LogP contribution in [-0.2, 0) is 0 Å². The summed E-state index contributed by atoms with van der Waals surface area (Å²) >= 11 is 1.90. The number of likely N-dealkylation sites (N-methyl/N-ethyl adjacent to an activating group) is 1. The number of aryl methyl sites for hydroxylation is 1.